The number of rotatable bonds is 8. The van der Waals surface area contributed by atoms with Crippen molar-refractivity contribution in [3.63, 3.8) is 0 Å². The fraction of sp³-hybridized carbons (Fsp3) is 0.274. The van der Waals surface area contributed by atoms with Crippen LogP contribution in [0.2, 0.25) is 5.02 Å². The zero-order valence-electron chi connectivity index (χ0n) is 58.6. The summed E-state index contributed by atoms with van der Waals surface area (Å²) in [6, 6.07) is 28.0. The van der Waals surface area contributed by atoms with Gasteiger partial charge in [-0.1, -0.05) is 29.8 Å². The molecule has 6 aliphatic rings. The predicted molar refractivity (Wildman–Crippen MR) is 380 cm³/mol. The van der Waals surface area contributed by atoms with Crippen LogP contribution in [-0.2, 0) is 43.5 Å². The first-order valence-corrected chi connectivity index (χ1v) is 33.8. The number of ether oxygens (including phenoxy) is 2. The van der Waals surface area contributed by atoms with Gasteiger partial charge in [0.15, 0.2) is 11.6 Å². The average Bonchev–Trinajstić information content (AvgIpc) is 1.60. The number of hydrogen-bond donors (Lipinski definition) is 5. The molecule has 8 amide bonds. The van der Waals surface area contributed by atoms with Crippen LogP contribution in [0.15, 0.2) is 110 Å². The number of pyridine rings is 3. The molecule has 3 saturated heterocycles. The number of imide groups is 2. The fourth-order valence-electron chi connectivity index (χ4n) is 12.2. The Hall–Kier alpha value is -13.6. The number of anilines is 3. The van der Waals surface area contributed by atoms with Gasteiger partial charge in [-0.3, -0.25) is 33.9 Å². The van der Waals surface area contributed by atoms with Gasteiger partial charge >= 0.3 is 12.2 Å². The Kier molecular flexibility index (Phi) is 21.0. The average molecular weight is 1490 g/mol. The van der Waals surface area contributed by atoms with Crippen LogP contribution in [0, 0.1) is 51.4 Å². The first kappa shape index (κ1) is 74.2. The van der Waals surface area contributed by atoms with Crippen molar-refractivity contribution in [2.45, 2.75) is 72.4 Å². The van der Waals surface area contributed by atoms with Crippen LogP contribution in [-0.4, -0.2) is 172 Å². The van der Waals surface area contributed by atoms with Gasteiger partial charge in [-0.25, -0.2) is 56.9 Å². The van der Waals surface area contributed by atoms with Gasteiger partial charge in [0.05, 0.1) is 164 Å². The topological polar surface area (TPSA) is 394 Å². The Morgan fingerprint density at radius 3 is 1.33 bits per heavy atom. The number of amides is 8. The van der Waals surface area contributed by atoms with Gasteiger partial charge in [0, 0.05) is 69.9 Å². The van der Waals surface area contributed by atoms with Crippen molar-refractivity contribution in [2.24, 2.45) is 0 Å². The predicted octanol–water partition coefficient (Wildman–Crippen LogP) is 7.55. The molecule has 9 aromatic rings. The highest BCUT2D eigenvalue weighted by molar-refractivity contribution is 6.35. The summed E-state index contributed by atoms with van der Waals surface area (Å²) >= 11 is 6.23. The Morgan fingerprint density at radius 1 is 0.500 bits per heavy atom. The molecule has 6 aliphatic heterocycles. The minimum Gasteiger partial charge on any atom is -0.443 e. The van der Waals surface area contributed by atoms with Crippen LogP contribution in [0.3, 0.4) is 0 Å². The number of fused-ring (bicyclic) bond motifs is 3. The zero-order valence-corrected chi connectivity index (χ0v) is 59.4. The van der Waals surface area contributed by atoms with E-state index in [0.29, 0.717) is 67.8 Å². The summed E-state index contributed by atoms with van der Waals surface area (Å²) in [5.74, 6) is -1.58. The van der Waals surface area contributed by atoms with Gasteiger partial charge in [-0.15, -0.1) is 0 Å². The van der Waals surface area contributed by atoms with E-state index in [1.54, 1.807) is 83.2 Å². The second-order valence-electron chi connectivity index (χ2n) is 26.7. The fourth-order valence-corrected chi connectivity index (χ4v) is 12.5. The Bertz CT molecular complexity index is 5280. The molecule has 0 bridgehead atoms. The number of benzene rings is 3. The van der Waals surface area contributed by atoms with Crippen LogP contribution >= 0.6 is 11.6 Å². The Balaban J connectivity index is 0.000000142. The number of nitrogens with one attached hydrogen (secondary N) is 5. The zero-order chi connectivity index (χ0) is 77.0. The number of nitriles is 3. The van der Waals surface area contributed by atoms with E-state index in [-0.39, 0.29) is 140 Å². The summed E-state index contributed by atoms with van der Waals surface area (Å²) in [5, 5.41) is 55.0. The van der Waals surface area contributed by atoms with E-state index in [9.17, 15) is 67.3 Å². The van der Waals surface area contributed by atoms with Crippen molar-refractivity contribution < 1.29 is 61.0 Å². The first-order chi connectivity index (χ1) is 51.6. The molecule has 0 spiro atoms. The van der Waals surface area contributed by atoms with Crippen molar-refractivity contribution in [1.29, 1.82) is 15.8 Å². The van der Waals surface area contributed by atoms with E-state index in [4.69, 9.17) is 21.1 Å². The maximum Gasteiger partial charge on any atom is 0.417 e. The second kappa shape index (κ2) is 30.6. The third kappa shape index (κ3) is 15.9. The molecule has 3 fully saturated rings. The van der Waals surface area contributed by atoms with Crippen LogP contribution in [0.4, 0.5) is 40.2 Å². The number of halogens is 4. The maximum atomic E-state index is 15.0. The number of H-pyrrole nitrogens is 1. The number of piperazine rings is 3. The third-order valence-electron chi connectivity index (χ3n) is 17.0. The van der Waals surface area contributed by atoms with Crippen molar-refractivity contribution in [2.75, 3.05) is 73.6 Å². The molecule has 108 heavy (non-hydrogen) atoms. The normalized spacial score (nSPS) is 15.0. The van der Waals surface area contributed by atoms with E-state index in [0.717, 1.165) is 22.2 Å². The second-order valence-corrected chi connectivity index (χ2v) is 27.2. The SMILES string of the molecule is CC(C)(C)OC(=O)N1Cc2nc(-c3c(F)cccc3C#N)cc(-n3ccc(N4CCNC(=O)C4)n3)c2C1=O.CC(C)(C)OC(=O)N1Cc2nc(-c3c(F)cccc3C#N)cc(Cl)c2C1=O.N#Cc1cccc(F)c1-c1cc(-n2ccc(N3CCNC(=O)C3)n2)c2c(n1)CNC2=O.O=C1CN(c2ccn[nH]2)CCN1. The molecule has 31 nitrogen and oxygen atoms in total. The quantitative estimate of drug-likeness (QED) is 0.0980. The highest BCUT2D eigenvalue weighted by Gasteiger charge is 2.41. The molecule has 5 N–H and O–H groups in total. The van der Waals surface area contributed by atoms with Crippen molar-refractivity contribution in [3.05, 3.63) is 183 Å². The number of aromatic amines is 1. The summed E-state index contributed by atoms with van der Waals surface area (Å²) in [4.78, 5) is 119. The van der Waals surface area contributed by atoms with Crippen molar-refractivity contribution >= 4 is 76.7 Å². The molecule has 0 atom stereocenters. The van der Waals surface area contributed by atoms with Crippen LogP contribution in [0.5, 0.6) is 0 Å². The Labute approximate surface area is 618 Å². The molecule has 0 unspecified atom stereocenters. The van der Waals surface area contributed by atoms with Crippen LogP contribution < -0.4 is 36.0 Å². The van der Waals surface area contributed by atoms with E-state index in [1.165, 1.54) is 76.1 Å². The smallest absolute Gasteiger partial charge is 0.417 e. The highest BCUT2D eigenvalue weighted by atomic mass is 35.5. The molecule has 0 radical (unpaired) electrons. The third-order valence-corrected chi connectivity index (χ3v) is 17.3. The molecule has 6 aromatic heterocycles. The minimum absolute atomic E-state index is 0.00660. The minimum atomic E-state index is -0.836. The van der Waals surface area contributed by atoms with Crippen molar-refractivity contribution in [1.82, 2.24) is 75.8 Å². The molecule has 0 saturated carbocycles. The van der Waals surface area contributed by atoms with Gasteiger partial charge in [-0.05, 0) is 96.1 Å². The lowest BCUT2D eigenvalue weighted by Gasteiger charge is -2.26. The molecular weight excluding hydrogens is 1420 g/mol. The Morgan fingerprint density at radius 2 is 0.907 bits per heavy atom. The van der Waals surface area contributed by atoms with E-state index >= 15 is 0 Å². The highest BCUT2D eigenvalue weighted by Crippen LogP contribution is 2.38. The summed E-state index contributed by atoms with van der Waals surface area (Å²) in [6.07, 6.45) is 3.32. The lowest BCUT2D eigenvalue weighted by molar-refractivity contribution is -0.121. The van der Waals surface area contributed by atoms with Gasteiger partial charge in [0.1, 0.15) is 34.5 Å². The van der Waals surface area contributed by atoms with Gasteiger partial charge in [0.25, 0.3) is 17.7 Å². The summed E-state index contributed by atoms with van der Waals surface area (Å²) in [6.45, 7) is 14.4. The summed E-state index contributed by atoms with van der Waals surface area (Å²) < 4.78 is 57.4. The maximum absolute atomic E-state index is 15.0. The van der Waals surface area contributed by atoms with Gasteiger partial charge in [-0.2, -0.15) is 31.1 Å². The first-order valence-electron chi connectivity index (χ1n) is 33.5. The summed E-state index contributed by atoms with van der Waals surface area (Å²) in [5.41, 5.74) is 1.33. The largest absolute Gasteiger partial charge is 0.443 e. The summed E-state index contributed by atoms with van der Waals surface area (Å²) in [7, 11) is 0. The number of aromatic nitrogens is 9. The molecular formula is C73H65ClF3N21O10. The lowest BCUT2D eigenvalue weighted by Crippen LogP contribution is -2.47. The standard InChI is InChI=1S/C26H24FN7O4.C21H16FN7O2.C19H15ClFN3O3.C7H10N4O/c1-26(2,3)38-25(37)33-13-18-23(24(33)36)19(11-17(30-18)22-15(12-28)5-4-6-16(22)27)34-9-7-20(31-34)32-10-8-29-21(35)14-32;22-13-3-1-2-12(9-23)19(13)14-8-16(20-15(26-14)10-25-21(20)31)29-6-4-17(27-29)28-7-5-24-18(30)11-28;1-19(2,3)27-18(26)24-9-14-16(17(24)25)11(20)7-13(23-14)15-10(8-22)5-4-6-12(15)21;12-7-5-11(4-3-8-7)6-1-2-9-10-6/h4-7,9,11H,8,10,13-14H2,1-3H3,(H,29,35);1-4,6,8H,5,7,10-11H2,(H,24,30)(H,25,31);4-7H,9H2,1-3H3;1-2H,3-5H2,(H,8,12)(H,9,10). The van der Waals surface area contributed by atoms with Gasteiger partial charge < -0.3 is 45.4 Å². The molecule has 0 aliphatic carbocycles. The lowest BCUT2D eigenvalue weighted by atomic mass is 10.0. The molecule has 15 rings (SSSR count). The number of hydrogen-bond acceptors (Lipinski definition) is 22. The molecule has 3 aromatic carbocycles. The number of carbonyl (C=O) groups is 8. The van der Waals surface area contributed by atoms with E-state index < -0.39 is 52.7 Å². The van der Waals surface area contributed by atoms with Gasteiger partial charge in [0.2, 0.25) is 17.7 Å². The van der Waals surface area contributed by atoms with Crippen LogP contribution in [0.25, 0.3) is 45.1 Å². The van der Waals surface area contributed by atoms with E-state index in [1.807, 2.05) is 34.1 Å². The van der Waals surface area contributed by atoms with Crippen LogP contribution in [0.1, 0.15) is 106 Å². The van der Waals surface area contributed by atoms with Crippen molar-refractivity contribution in [3.8, 4) is 63.4 Å². The molecule has 12 heterocycles. The number of nitrogens with zero attached hydrogens (tertiary/aromatic N) is 16. The number of carbonyl (C=O) groups excluding carboxylic acids is 8. The monoisotopic (exact) mass is 1490 g/mol. The van der Waals surface area contributed by atoms with E-state index in [2.05, 4.69) is 56.6 Å². The molecule has 35 heteroatoms. The molecule has 550 valence electrons.